The maximum Gasteiger partial charge on any atom is 0.119 e. The van der Waals surface area contributed by atoms with Gasteiger partial charge in [-0.15, -0.1) is 0 Å². The third-order valence-electron chi connectivity index (χ3n) is 2.44. The summed E-state index contributed by atoms with van der Waals surface area (Å²) < 4.78 is 5.38. The van der Waals surface area contributed by atoms with Gasteiger partial charge < -0.3 is 15.8 Å². The first kappa shape index (κ1) is 12.6. The third kappa shape index (κ3) is 3.08. The monoisotopic (exact) mass is 262 g/mol. The van der Waals surface area contributed by atoms with Gasteiger partial charge in [0.15, 0.2) is 0 Å². The van der Waals surface area contributed by atoms with Crippen LogP contribution < -0.4 is 15.8 Å². The quantitative estimate of drug-likeness (QED) is 0.817. The second-order valence-corrected chi connectivity index (χ2v) is 4.23. The second kappa shape index (κ2) is 5.65. The van der Waals surface area contributed by atoms with Gasteiger partial charge in [-0.05, 0) is 49.4 Å². The van der Waals surface area contributed by atoms with E-state index in [-0.39, 0.29) is 0 Å². The molecule has 2 aromatic carbocycles. The van der Waals surface area contributed by atoms with Gasteiger partial charge >= 0.3 is 0 Å². The number of hydrogen-bond acceptors (Lipinski definition) is 3. The molecule has 0 heterocycles. The predicted molar refractivity (Wildman–Crippen MR) is 76.8 cm³/mol. The molecular formula is C14H15ClN2O. The molecule has 3 N–H and O–H groups in total. The van der Waals surface area contributed by atoms with E-state index in [1.165, 1.54) is 0 Å². The Labute approximate surface area is 112 Å². The average Bonchev–Trinajstić information content (AvgIpc) is 2.35. The molecule has 94 valence electrons. The highest BCUT2D eigenvalue weighted by Crippen LogP contribution is 2.28. The van der Waals surface area contributed by atoms with Gasteiger partial charge in [-0.2, -0.15) is 0 Å². The molecule has 0 spiro atoms. The number of nitrogen functional groups attached to an aromatic ring is 1. The van der Waals surface area contributed by atoms with E-state index in [0.29, 0.717) is 17.3 Å². The highest BCUT2D eigenvalue weighted by atomic mass is 35.5. The third-order valence-corrected chi connectivity index (χ3v) is 2.75. The Kier molecular flexibility index (Phi) is 3.95. The zero-order valence-corrected chi connectivity index (χ0v) is 10.9. The van der Waals surface area contributed by atoms with Gasteiger partial charge in [0.25, 0.3) is 0 Å². The van der Waals surface area contributed by atoms with Crippen LogP contribution in [0.3, 0.4) is 0 Å². The molecule has 0 bridgehead atoms. The lowest BCUT2D eigenvalue weighted by molar-refractivity contribution is 0.340. The topological polar surface area (TPSA) is 47.3 Å². The molecule has 0 saturated heterocycles. The number of benzene rings is 2. The summed E-state index contributed by atoms with van der Waals surface area (Å²) >= 11 is 6.09. The van der Waals surface area contributed by atoms with Gasteiger partial charge in [-0.1, -0.05) is 11.6 Å². The van der Waals surface area contributed by atoms with Crippen molar-refractivity contribution < 1.29 is 4.74 Å². The Balaban J connectivity index is 2.13. The maximum atomic E-state index is 6.09. The van der Waals surface area contributed by atoms with Gasteiger partial charge in [0.1, 0.15) is 5.75 Å². The SMILES string of the molecule is CCOc1ccc(Nc2ccc(N)cc2Cl)cc1. The molecule has 0 saturated carbocycles. The molecule has 0 aliphatic carbocycles. The van der Waals surface area contributed by atoms with Crippen molar-refractivity contribution in [3.63, 3.8) is 0 Å². The summed E-state index contributed by atoms with van der Waals surface area (Å²) in [5.41, 5.74) is 8.07. The van der Waals surface area contributed by atoms with Crippen molar-refractivity contribution >= 4 is 28.7 Å². The van der Waals surface area contributed by atoms with Crippen molar-refractivity contribution in [2.24, 2.45) is 0 Å². The van der Waals surface area contributed by atoms with Crippen molar-refractivity contribution in [1.82, 2.24) is 0 Å². The highest BCUT2D eigenvalue weighted by molar-refractivity contribution is 6.33. The number of anilines is 3. The lowest BCUT2D eigenvalue weighted by Crippen LogP contribution is -1.94. The standard InChI is InChI=1S/C14H15ClN2O/c1-2-18-12-6-4-11(5-7-12)17-14-8-3-10(16)9-13(14)15/h3-9,17H,2,16H2,1H3. The first-order valence-corrected chi connectivity index (χ1v) is 6.11. The molecule has 2 rings (SSSR count). The van der Waals surface area contributed by atoms with E-state index in [9.17, 15) is 0 Å². The van der Waals surface area contributed by atoms with Gasteiger partial charge in [0.2, 0.25) is 0 Å². The van der Waals surface area contributed by atoms with E-state index < -0.39 is 0 Å². The van der Waals surface area contributed by atoms with Gasteiger partial charge in [0.05, 0.1) is 17.3 Å². The van der Waals surface area contributed by atoms with Crippen LogP contribution in [0.25, 0.3) is 0 Å². The summed E-state index contributed by atoms with van der Waals surface area (Å²) in [7, 11) is 0. The van der Waals surface area contributed by atoms with Crippen molar-refractivity contribution in [3.8, 4) is 5.75 Å². The molecule has 0 unspecified atom stereocenters. The number of halogens is 1. The molecule has 4 heteroatoms. The number of rotatable bonds is 4. The average molecular weight is 263 g/mol. The Morgan fingerprint density at radius 2 is 1.89 bits per heavy atom. The van der Waals surface area contributed by atoms with Crippen LogP contribution in [0.4, 0.5) is 17.1 Å². The smallest absolute Gasteiger partial charge is 0.119 e. The Morgan fingerprint density at radius 1 is 1.17 bits per heavy atom. The minimum Gasteiger partial charge on any atom is -0.494 e. The van der Waals surface area contributed by atoms with Crippen LogP contribution in [-0.2, 0) is 0 Å². The Bertz CT molecular complexity index is 526. The van der Waals surface area contributed by atoms with Gasteiger partial charge in [-0.25, -0.2) is 0 Å². The zero-order valence-electron chi connectivity index (χ0n) is 10.1. The van der Waals surface area contributed by atoms with Gasteiger partial charge in [-0.3, -0.25) is 0 Å². The van der Waals surface area contributed by atoms with Crippen molar-refractivity contribution in [3.05, 3.63) is 47.5 Å². The summed E-state index contributed by atoms with van der Waals surface area (Å²) in [5, 5.41) is 3.83. The van der Waals surface area contributed by atoms with E-state index in [0.717, 1.165) is 17.1 Å². The fraction of sp³-hybridized carbons (Fsp3) is 0.143. The van der Waals surface area contributed by atoms with Crippen molar-refractivity contribution in [1.29, 1.82) is 0 Å². The lowest BCUT2D eigenvalue weighted by atomic mass is 10.2. The van der Waals surface area contributed by atoms with Crippen LogP contribution in [0.2, 0.25) is 5.02 Å². The highest BCUT2D eigenvalue weighted by Gasteiger charge is 2.01. The minimum atomic E-state index is 0.601. The summed E-state index contributed by atoms with van der Waals surface area (Å²) in [5.74, 6) is 0.853. The van der Waals surface area contributed by atoms with E-state index in [1.54, 1.807) is 6.07 Å². The molecule has 18 heavy (non-hydrogen) atoms. The van der Waals surface area contributed by atoms with Gasteiger partial charge in [0, 0.05) is 11.4 Å². The molecule has 0 radical (unpaired) electrons. The maximum absolute atomic E-state index is 6.09. The van der Waals surface area contributed by atoms with Crippen LogP contribution in [0.15, 0.2) is 42.5 Å². The van der Waals surface area contributed by atoms with E-state index >= 15 is 0 Å². The zero-order chi connectivity index (χ0) is 13.0. The van der Waals surface area contributed by atoms with Crippen LogP contribution in [0.5, 0.6) is 5.75 Å². The van der Waals surface area contributed by atoms with Crippen LogP contribution >= 0.6 is 11.6 Å². The lowest BCUT2D eigenvalue weighted by Gasteiger charge is -2.10. The second-order valence-electron chi connectivity index (χ2n) is 3.82. The molecule has 0 aromatic heterocycles. The molecule has 0 aliphatic rings. The number of nitrogens with one attached hydrogen (secondary N) is 1. The fourth-order valence-corrected chi connectivity index (χ4v) is 1.83. The summed E-state index contributed by atoms with van der Waals surface area (Å²) in [6, 6.07) is 13.1. The molecular weight excluding hydrogens is 248 g/mol. The summed E-state index contributed by atoms with van der Waals surface area (Å²) in [6.07, 6.45) is 0. The van der Waals surface area contributed by atoms with Crippen LogP contribution in [-0.4, -0.2) is 6.61 Å². The summed E-state index contributed by atoms with van der Waals surface area (Å²) in [6.45, 7) is 2.62. The van der Waals surface area contributed by atoms with Crippen LogP contribution in [0, 0.1) is 0 Å². The molecule has 2 aromatic rings. The Hall–Kier alpha value is -1.87. The fourth-order valence-electron chi connectivity index (χ4n) is 1.59. The number of nitrogens with two attached hydrogens (primary N) is 1. The first-order valence-electron chi connectivity index (χ1n) is 5.74. The van der Waals surface area contributed by atoms with Crippen LogP contribution in [0.1, 0.15) is 6.92 Å². The molecule has 0 atom stereocenters. The molecule has 0 fully saturated rings. The minimum absolute atomic E-state index is 0.601. The Morgan fingerprint density at radius 3 is 2.50 bits per heavy atom. The molecule has 0 aliphatic heterocycles. The summed E-state index contributed by atoms with van der Waals surface area (Å²) in [4.78, 5) is 0. The number of hydrogen-bond donors (Lipinski definition) is 2. The predicted octanol–water partition coefficient (Wildman–Crippen LogP) is 4.06. The normalized spacial score (nSPS) is 10.1. The van der Waals surface area contributed by atoms with E-state index in [1.807, 2.05) is 43.3 Å². The first-order chi connectivity index (χ1) is 8.69. The van der Waals surface area contributed by atoms with Crippen molar-refractivity contribution in [2.45, 2.75) is 6.92 Å². The van der Waals surface area contributed by atoms with Crippen molar-refractivity contribution in [2.75, 3.05) is 17.7 Å². The molecule has 0 amide bonds. The molecule has 3 nitrogen and oxygen atoms in total. The largest absolute Gasteiger partial charge is 0.494 e. The van der Waals surface area contributed by atoms with E-state index in [4.69, 9.17) is 22.1 Å². The van der Waals surface area contributed by atoms with E-state index in [2.05, 4.69) is 5.32 Å². The number of ether oxygens (including phenoxy) is 1.